The quantitative estimate of drug-likeness (QED) is 0.217. The molecule has 27 heavy (non-hydrogen) atoms. The second-order valence-corrected chi connectivity index (χ2v) is 6.68. The van der Waals surface area contributed by atoms with E-state index in [1.165, 1.54) is 5.57 Å². The summed E-state index contributed by atoms with van der Waals surface area (Å²) in [6.45, 7) is 17.6. The Morgan fingerprint density at radius 3 is 2.74 bits per heavy atom. The van der Waals surface area contributed by atoms with Crippen LogP contribution >= 0.6 is 0 Å². The Labute approximate surface area is 165 Å². The van der Waals surface area contributed by atoms with Gasteiger partial charge in [-0.2, -0.15) is 0 Å². The Balaban J connectivity index is 2.81. The summed E-state index contributed by atoms with van der Waals surface area (Å²) in [6.07, 6.45) is 17.3. The molecule has 0 saturated carbocycles. The van der Waals surface area contributed by atoms with Crippen molar-refractivity contribution < 1.29 is 4.74 Å². The fraction of sp³-hybridized carbons (Fsp3) is 0.375. The van der Waals surface area contributed by atoms with Crippen LogP contribution in [-0.2, 0) is 4.74 Å². The Bertz CT molecular complexity index is 702. The molecule has 0 fully saturated rings. The van der Waals surface area contributed by atoms with E-state index in [-0.39, 0.29) is 5.92 Å². The van der Waals surface area contributed by atoms with Crippen molar-refractivity contribution in [3.8, 4) is 0 Å². The molecule has 1 unspecified atom stereocenters. The van der Waals surface area contributed by atoms with Gasteiger partial charge in [-0.15, -0.1) is 0 Å². The van der Waals surface area contributed by atoms with E-state index in [1.807, 2.05) is 39.2 Å². The summed E-state index contributed by atoms with van der Waals surface area (Å²) in [7, 11) is 1.82. The average Bonchev–Trinajstić information content (AvgIpc) is 2.64. The molecule has 1 atom stereocenters. The SMILES string of the molecule is C=C/C=C(\C)COCC(C)/C(=N/C)N1C=CC=C(/C(C)=C/C/C=C\C)C1=C. The molecular formula is C24H34N2O. The molecule has 0 aromatic heterocycles. The number of hydrogen-bond donors (Lipinski definition) is 0. The van der Waals surface area contributed by atoms with Crippen molar-refractivity contribution >= 4 is 5.84 Å². The van der Waals surface area contributed by atoms with E-state index in [1.54, 1.807) is 6.08 Å². The van der Waals surface area contributed by atoms with Gasteiger partial charge in [0.2, 0.25) is 0 Å². The van der Waals surface area contributed by atoms with Crippen LogP contribution in [0.25, 0.3) is 0 Å². The van der Waals surface area contributed by atoms with E-state index >= 15 is 0 Å². The van der Waals surface area contributed by atoms with Crippen LogP contribution in [0.4, 0.5) is 0 Å². The van der Waals surface area contributed by atoms with Gasteiger partial charge in [-0.05, 0) is 44.4 Å². The molecule has 0 radical (unpaired) electrons. The topological polar surface area (TPSA) is 24.8 Å². The highest BCUT2D eigenvalue weighted by Crippen LogP contribution is 2.27. The van der Waals surface area contributed by atoms with Crippen LogP contribution in [0.15, 0.2) is 89.3 Å². The predicted molar refractivity (Wildman–Crippen MR) is 119 cm³/mol. The normalized spacial score (nSPS) is 17.5. The first-order valence-corrected chi connectivity index (χ1v) is 9.44. The lowest BCUT2D eigenvalue weighted by molar-refractivity contribution is 0.139. The standard InChI is InChI=1S/C24H34N2O/c1-8-10-11-14-20(4)23-15-12-16-26(22(23)6)24(25-7)21(5)18-27-17-19(3)13-9-2/h8-10,12-16,21H,2,6,11,17-18H2,1,3-5,7H3/b10-8-,19-13+,20-14+,25-24-. The number of amidine groups is 1. The van der Waals surface area contributed by atoms with E-state index in [0.717, 1.165) is 29.1 Å². The summed E-state index contributed by atoms with van der Waals surface area (Å²) in [5, 5.41) is 0. The van der Waals surface area contributed by atoms with Crippen molar-refractivity contribution in [3.63, 3.8) is 0 Å². The van der Waals surface area contributed by atoms with Gasteiger partial charge in [-0.25, -0.2) is 0 Å². The highest BCUT2D eigenvalue weighted by atomic mass is 16.5. The number of nitrogens with zero attached hydrogens (tertiary/aromatic N) is 2. The molecule has 1 aliphatic heterocycles. The Morgan fingerprint density at radius 2 is 2.11 bits per heavy atom. The summed E-state index contributed by atoms with van der Waals surface area (Å²) < 4.78 is 5.85. The van der Waals surface area contributed by atoms with E-state index < -0.39 is 0 Å². The number of allylic oxidation sites excluding steroid dienone is 8. The molecule has 0 bridgehead atoms. The Hall–Kier alpha value is -2.39. The zero-order chi connectivity index (χ0) is 20.2. The maximum Gasteiger partial charge on any atom is 0.112 e. The van der Waals surface area contributed by atoms with Gasteiger partial charge < -0.3 is 9.64 Å². The maximum absolute atomic E-state index is 5.85. The molecule has 0 spiro atoms. The fourth-order valence-corrected chi connectivity index (χ4v) is 2.89. The molecule has 1 aliphatic rings. The molecule has 0 aromatic rings. The number of rotatable bonds is 9. The molecule has 0 N–H and O–H groups in total. The van der Waals surface area contributed by atoms with Gasteiger partial charge in [0, 0.05) is 30.4 Å². The highest BCUT2D eigenvalue weighted by molar-refractivity contribution is 5.88. The lowest BCUT2D eigenvalue weighted by Gasteiger charge is -2.31. The van der Waals surface area contributed by atoms with Gasteiger partial charge in [0.1, 0.15) is 5.84 Å². The van der Waals surface area contributed by atoms with Crippen LogP contribution in [0, 0.1) is 5.92 Å². The number of aliphatic imine (C=N–C) groups is 1. The minimum Gasteiger partial charge on any atom is -0.376 e. The van der Waals surface area contributed by atoms with Crippen molar-refractivity contribution in [2.75, 3.05) is 20.3 Å². The van der Waals surface area contributed by atoms with Gasteiger partial charge in [-0.3, -0.25) is 4.99 Å². The van der Waals surface area contributed by atoms with Gasteiger partial charge in [0.15, 0.2) is 0 Å². The highest BCUT2D eigenvalue weighted by Gasteiger charge is 2.22. The largest absolute Gasteiger partial charge is 0.376 e. The molecule has 1 heterocycles. The molecule has 0 saturated heterocycles. The minimum atomic E-state index is 0.152. The van der Waals surface area contributed by atoms with Crippen LogP contribution in [-0.4, -0.2) is 31.0 Å². The molecular weight excluding hydrogens is 332 g/mol. The van der Waals surface area contributed by atoms with Crippen molar-refractivity contribution in [1.29, 1.82) is 0 Å². The summed E-state index contributed by atoms with van der Waals surface area (Å²) in [4.78, 5) is 6.60. The molecule has 3 heteroatoms. The lowest BCUT2D eigenvalue weighted by atomic mass is 9.99. The molecule has 146 valence electrons. The van der Waals surface area contributed by atoms with Crippen LogP contribution in [0.5, 0.6) is 0 Å². The maximum atomic E-state index is 5.85. The smallest absolute Gasteiger partial charge is 0.112 e. The Kier molecular flexibility index (Phi) is 10.1. The monoisotopic (exact) mass is 366 g/mol. The summed E-state index contributed by atoms with van der Waals surface area (Å²) in [5.41, 5.74) is 4.46. The summed E-state index contributed by atoms with van der Waals surface area (Å²) >= 11 is 0. The van der Waals surface area contributed by atoms with E-state index in [2.05, 4.69) is 61.2 Å². The van der Waals surface area contributed by atoms with E-state index in [0.29, 0.717) is 13.2 Å². The third-order valence-electron chi connectivity index (χ3n) is 4.34. The third-order valence-corrected chi connectivity index (χ3v) is 4.34. The zero-order valence-electron chi connectivity index (χ0n) is 17.5. The molecule has 0 amide bonds. The van der Waals surface area contributed by atoms with Crippen LogP contribution < -0.4 is 0 Å². The van der Waals surface area contributed by atoms with Crippen molar-refractivity contribution in [2.24, 2.45) is 10.9 Å². The summed E-state index contributed by atoms with van der Waals surface area (Å²) in [6, 6.07) is 0. The van der Waals surface area contributed by atoms with Gasteiger partial charge in [-0.1, -0.05) is 56.5 Å². The summed E-state index contributed by atoms with van der Waals surface area (Å²) in [5.74, 6) is 1.10. The first-order chi connectivity index (χ1) is 13.0. The van der Waals surface area contributed by atoms with E-state index in [9.17, 15) is 0 Å². The average molecular weight is 367 g/mol. The third kappa shape index (κ3) is 7.03. The van der Waals surface area contributed by atoms with Crippen LogP contribution in [0.3, 0.4) is 0 Å². The van der Waals surface area contributed by atoms with Crippen molar-refractivity contribution in [3.05, 3.63) is 84.3 Å². The van der Waals surface area contributed by atoms with Crippen molar-refractivity contribution in [1.82, 2.24) is 4.90 Å². The lowest BCUT2D eigenvalue weighted by Crippen LogP contribution is -2.34. The first-order valence-electron chi connectivity index (χ1n) is 9.44. The molecule has 3 nitrogen and oxygen atoms in total. The second kappa shape index (κ2) is 12.1. The molecule has 0 aliphatic carbocycles. The minimum absolute atomic E-state index is 0.152. The number of hydrogen-bond acceptors (Lipinski definition) is 2. The molecule has 1 rings (SSSR count). The van der Waals surface area contributed by atoms with Gasteiger partial charge in [0.05, 0.1) is 13.2 Å². The zero-order valence-corrected chi connectivity index (χ0v) is 17.5. The predicted octanol–water partition coefficient (Wildman–Crippen LogP) is 5.98. The van der Waals surface area contributed by atoms with Crippen LogP contribution in [0.1, 0.15) is 34.1 Å². The molecule has 0 aromatic carbocycles. The second-order valence-electron chi connectivity index (χ2n) is 6.68. The first kappa shape index (κ1) is 22.7. The van der Waals surface area contributed by atoms with Gasteiger partial charge >= 0.3 is 0 Å². The number of ether oxygens (including phenoxy) is 1. The Morgan fingerprint density at radius 1 is 1.37 bits per heavy atom. The van der Waals surface area contributed by atoms with Crippen molar-refractivity contribution in [2.45, 2.75) is 34.1 Å². The van der Waals surface area contributed by atoms with Crippen LogP contribution in [0.2, 0.25) is 0 Å². The fourth-order valence-electron chi connectivity index (χ4n) is 2.89. The van der Waals surface area contributed by atoms with E-state index in [4.69, 9.17) is 4.74 Å². The van der Waals surface area contributed by atoms with Gasteiger partial charge in [0.25, 0.3) is 0 Å².